The van der Waals surface area contributed by atoms with E-state index in [1.54, 1.807) is 43.3 Å². The third-order valence-electron chi connectivity index (χ3n) is 4.00. The number of anilines is 3. The molecule has 0 spiro atoms. The van der Waals surface area contributed by atoms with Gasteiger partial charge < -0.3 is 20.9 Å². The average molecular weight is 382 g/mol. The maximum absolute atomic E-state index is 12.1. The van der Waals surface area contributed by atoms with Crippen molar-refractivity contribution in [2.24, 2.45) is 0 Å². The molecule has 0 bridgehead atoms. The fraction of sp³-hybridized carbons (Fsp3) is 0.286. The lowest BCUT2D eigenvalue weighted by Crippen LogP contribution is -2.22. The molecule has 0 unspecified atom stereocenters. The Labute approximate surface area is 165 Å². The molecule has 3 N–H and O–H groups in total. The molecule has 2 rings (SSSR count). The van der Waals surface area contributed by atoms with Gasteiger partial charge in [0.25, 0.3) is 0 Å². The van der Waals surface area contributed by atoms with Gasteiger partial charge in [-0.2, -0.15) is 0 Å². The molecule has 0 aliphatic carbocycles. The Hall–Kier alpha value is -3.35. The van der Waals surface area contributed by atoms with Crippen molar-refractivity contribution in [3.05, 3.63) is 54.1 Å². The lowest BCUT2D eigenvalue weighted by atomic mass is 10.1. The number of nitrogens with zero attached hydrogens (tertiary/aromatic N) is 1. The summed E-state index contributed by atoms with van der Waals surface area (Å²) >= 11 is 0. The van der Waals surface area contributed by atoms with E-state index in [9.17, 15) is 14.4 Å². The third kappa shape index (κ3) is 7.11. The molecule has 148 valence electrons. The van der Waals surface area contributed by atoms with E-state index in [2.05, 4.69) is 16.0 Å². The Morgan fingerprint density at radius 2 is 1.54 bits per heavy atom. The molecule has 0 aromatic heterocycles. The first-order valence-corrected chi connectivity index (χ1v) is 9.04. The van der Waals surface area contributed by atoms with E-state index >= 15 is 0 Å². The van der Waals surface area contributed by atoms with Crippen molar-refractivity contribution in [1.29, 1.82) is 0 Å². The van der Waals surface area contributed by atoms with Crippen LogP contribution in [0.3, 0.4) is 0 Å². The van der Waals surface area contributed by atoms with Crippen LogP contribution in [0.2, 0.25) is 0 Å². The zero-order valence-electron chi connectivity index (χ0n) is 16.4. The summed E-state index contributed by atoms with van der Waals surface area (Å²) in [6, 6.07) is 14.6. The lowest BCUT2D eigenvalue weighted by Gasteiger charge is -2.11. The van der Waals surface area contributed by atoms with E-state index in [1.807, 2.05) is 24.3 Å². The van der Waals surface area contributed by atoms with Gasteiger partial charge in [0, 0.05) is 44.5 Å². The average Bonchev–Trinajstić information content (AvgIpc) is 2.66. The van der Waals surface area contributed by atoms with Gasteiger partial charge in [-0.25, -0.2) is 0 Å². The zero-order valence-corrected chi connectivity index (χ0v) is 16.4. The molecule has 2 aromatic carbocycles. The quantitative estimate of drug-likeness (QED) is 0.655. The Kier molecular flexibility index (Phi) is 7.56. The van der Waals surface area contributed by atoms with Gasteiger partial charge in [0.15, 0.2) is 0 Å². The number of hydrogen-bond donors (Lipinski definition) is 3. The van der Waals surface area contributed by atoms with Crippen LogP contribution in [0.1, 0.15) is 18.9 Å². The second-order valence-corrected chi connectivity index (χ2v) is 6.65. The highest BCUT2D eigenvalue weighted by Gasteiger charge is 2.06. The zero-order chi connectivity index (χ0) is 20.5. The normalized spacial score (nSPS) is 10.1. The maximum atomic E-state index is 12.1. The molecule has 0 saturated heterocycles. The standard InChI is InChI=1S/C21H26N4O3/c1-15(26)23-17-8-10-18(11-9-17)24-20(27)14-22-19-6-4-5-16(13-19)7-12-21(28)25(2)3/h4-6,8-11,13,22H,7,12,14H2,1-3H3,(H,23,26)(H,24,27). The van der Waals surface area contributed by atoms with Crippen LogP contribution in [0.5, 0.6) is 0 Å². The van der Waals surface area contributed by atoms with Gasteiger partial charge >= 0.3 is 0 Å². The molecule has 0 saturated carbocycles. The predicted octanol–water partition coefficient (Wildman–Crippen LogP) is 2.72. The first-order chi connectivity index (χ1) is 13.3. The summed E-state index contributed by atoms with van der Waals surface area (Å²) in [6.45, 7) is 1.56. The summed E-state index contributed by atoms with van der Waals surface area (Å²) in [5, 5.41) is 8.56. The topological polar surface area (TPSA) is 90.5 Å². The van der Waals surface area contributed by atoms with E-state index in [1.165, 1.54) is 6.92 Å². The molecule has 0 radical (unpaired) electrons. The van der Waals surface area contributed by atoms with Gasteiger partial charge in [-0.1, -0.05) is 12.1 Å². The molecule has 7 heteroatoms. The minimum absolute atomic E-state index is 0.0854. The van der Waals surface area contributed by atoms with Crippen LogP contribution in [0.4, 0.5) is 17.1 Å². The fourth-order valence-electron chi connectivity index (χ4n) is 2.54. The highest BCUT2D eigenvalue weighted by Crippen LogP contribution is 2.15. The predicted molar refractivity (Wildman–Crippen MR) is 111 cm³/mol. The first-order valence-electron chi connectivity index (χ1n) is 9.04. The molecule has 0 fully saturated rings. The summed E-state index contributed by atoms with van der Waals surface area (Å²) in [6.07, 6.45) is 1.10. The molecular formula is C21H26N4O3. The largest absolute Gasteiger partial charge is 0.376 e. The van der Waals surface area contributed by atoms with E-state index < -0.39 is 0 Å². The van der Waals surface area contributed by atoms with Gasteiger partial charge in [0.1, 0.15) is 0 Å². The van der Waals surface area contributed by atoms with Gasteiger partial charge in [0.2, 0.25) is 17.7 Å². The van der Waals surface area contributed by atoms with Crippen LogP contribution in [0.25, 0.3) is 0 Å². The molecule has 3 amide bonds. The van der Waals surface area contributed by atoms with E-state index in [0.717, 1.165) is 11.3 Å². The summed E-state index contributed by atoms with van der Waals surface area (Å²) < 4.78 is 0. The van der Waals surface area contributed by atoms with Crippen molar-refractivity contribution >= 4 is 34.8 Å². The van der Waals surface area contributed by atoms with Gasteiger partial charge in [0.05, 0.1) is 6.54 Å². The minimum Gasteiger partial charge on any atom is -0.376 e. The number of aryl methyl sites for hydroxylation is 1. The van der Waals surface area contributed by atoms with Crippen LogP contribution in [0, 0.1) is 0 Å². The first kappa shape index (κ1) is 21.0. The highest BCUT2D eigenvalue weighted by molar-refractivity contribution is 5.94. The Balaban J connectivity index is 1.83. The number of carbonyl (C=O) groups is 3. The molecule has 28 heavy (non-hydrogen) atoms. The van der Waals surface area contributed by atoms with Crippen LogP contribution in [0.15, 0.2) is 48.5 Å². The maximum Gasteiger partial charge on any atom is 0.243 e. The monoisotopic (exact) mass is 382 g/mol. The van der Waals surface area contributed by atoms with Crippen molar-refractivity contribution in [1.82, 2.24) is 4.90 Å². The van der Waals surface area contributed by atoms with Crippen LogP contribution in [-0.2, 0) is 20.8 Å². The number of rotatable bonds is 8. The smallest absolute Gasteiger partial charge is 0.243 e. The molecule has 0 aliphatic rings. The van der Waals surface area contributed by atoms with Gasteiger partial charge in [-0.05, 0) is 48.4 Å². The lowest BCUT2D eigenvalue weighted by molar-refractivity contribution is -0.128. The van der Waals surface area contributed by atoms with Crippen molar-refractivity contribution in [2.75, 3.05) is 36.6 Å². The second-order valence-electron chi connectivity index (χ2n) is 6.65. The summed E-state index contributed by atoms with van der Waals surface area (Å²) in [7, 11) is 3.48. The van der Waals surface area contributed by atoms with Crippen LogP contribution < -0.4 is 16.0 Å². The van der Waals surface area contributed by atoms with Crippen LogP contribution >= 0.6 is 0 Å². The van der Waals surface area contributed by atoms with E-state index in [4.69, 9.17) is 0 Å². The highest BCUT2D eigenvalue weighted by atomic mass is 16.2. The molecule has 0 atom stereocenters. The van der Waals surface area contributed by atoms with Crippen molar-refractivity contribution in [3.63, 3.8) is 0 Å². The number of benzene rings is 2. The van der Waals surface area contributed by atoms with Gasteiger partial charge in [-0.15, -0.1) is 0 Å². The number of hydrogen-bond acceptors (Lipinski definition) is 4. The van der Waals surface area contributed by atoms with Gasteiger partial charge in [-0.3, -0.25) is 14.4 Å². The molecule has 0 heterocycles. The van der Waals surface area contributed by atoms with E-state index in [-0.39, 0.29) is 24.3 Å². The number of nitrogens with one attached hydrogen (secondary N) is 3. The summed E-state index contributed by atoms with van der Waals surface area (Å²) in [5.41, 5.74) is 3.19. The second kappa shape index (κ2) is 10.1. The Morgan fingerprint density at radius 1 is 0.893 bits per heavy atom. The molecule has 2 aromatic rings. The molecular weight excluding hydrogens is 356 g/mol. The molecule has 0 aliphatic heterocycles. The van der Waals surface area contributed by atoms with Crippen molar-refractivity contribution in [2.45, 2.75) is 19.8 Å². The minimum atomic E-state index is -0.180. The van der Waals surface area contributed by atoms with E-state index in [0.29, 0.717) is 24.2 Å². The van der Waals surface area contributed by atoms with Crippen molar-refractivity contribution in [3.8, 4) is 0 Å². The number of carbonyl (C=O) groups excluding carboxylic acids is 3. The Morgan fingerprint density at radius 3 is 2.14 bits per heavy atom. The molecule has 7 nitrogen and oxygen atoms in total. The van der Waals surface area contributed by atoms with Crippen LogP contribution in [-0.4, -0.2) is 43.3 Å². The third-order valence-corrected chi connectivity index (χ3v) is 4.00. The Bertz CT molecular complexity index is 832. The van der Waals surface area contributed by atoms with Crippen molar-refractivity contribution < 1.29 is 14.4 Å². The SMILES string of the molecule is CC(=O)Nc1ccc(NC(=O)CNc2cccc(CCC(=O)N(C)C)c2)cc1. The number of amides is 3. The summed E-state index contributed by atoms with van der Waals surface area (Å²) in [4.78, 5) is 36.4. The fourth-order valence-corrected chi connectivity index (χ4v) is 2.54. The summed E-state index contributed by atoms with van der Waals surface area (Å²) in [5.74, 6) is -0.239.